The number of nitrogens with one attached hydrogen (secondary N) is 1. The van der Waals surface area contributed by atoms with Crippen LogP contribution in [0.5, 0.6) is 0 Å². The number of carboxylic acid groups (broad SMARTS) is 1. The number of hydroxylamine groups is 2. The van der Waals surface area contributed by atoms with Gasteiger partial charge in [-0.2, -0.15) is 5.06 Å². The van der Waals surface area contributed by atoms with Crippen molar-refractivity contribution in [1.82, 2.24) is 20.3 Å². The van der Waals surface area contributed by atoms with E-state index < -0.39 is 77.3 Å². The lowest BCUT2D eigenvalue weighted by molar-refractivity contribution is -0.196. The first kappa shape index (κ1) is 33.2. The molecule has 45 heavy (non-hydrogen) atoms. The number of hydrogen-bond acceptors (Lipinski definition) is 10. The number of aromatic nitrogens is 1. The van der Waals surface area contributed by atoms with Crippen LogP contribution in [0.3, 0.4) is 0 Å². The second kappa shape index (κ2) is 12.5. The van der Waals surface area contributed by atoms with Crippen LogP contribution in [-0.2, 0) is 19.2 Å². The molecule has 2 N–H and O–H groups in total. The number of alkyl halides is 3. The molecule has 3 aliphatic heterocycles. The van der Waals surface area contributed by atoms with Gasteiger partial charge in [-0.1, -0.05) is 17.7 Å². The van der Waals surface area contributed by atoms with Crippen LogP contribution in [0.2, 0.25) is 5.02 Å². The number of thiazole rings is 1. The number of halogens is 6. The van der Waals surface area contributed by atoms with Crippen molar-refractivity contribution in [2.75, 3.05) is 32.8 Å². The highest BCUT2D eigenvalue weighted by molar-refractivity contribution is 7.11. The molecule has 0 saturated carbocycles. The standard InChI is InChI=1S/C28H29ClF5N5O5S/c1-4-43-25(40)18-15(36-23(24-35-7-8-45-24)37-21(18)13-5-6-14(30)20(32)19(13)29)9-38-12-28(33,34)22-16(38)11-44-39(22)10-17(31)27(2,3)26(41)42/h5-8,16-17,21-22H,4,9-12H2,1-3H3,(H,36,37)(H,41,42)/t16-,17-,21+,22+/m1/s1. The Morgan fingerprint density at radius 2 is 2.07 bits per heavy atom. The Kier molecular flexibility index (Phi) is 9.26. The molecule has 2 aromatic rings. The lowest BCUT2D eigenvalue weighted by Gasteiger charge is -2.31. The van der Waals surface area contributed by atoms with Crippen molar-refractivity contribution in [3.05, 3.63) is 62.2 Å². The molecule has 0 radical (unpaired) electrons. The Morgan fingerprint density at radius 1 is 1.33 bits per heavy atom. The molecule has 17 heteroatoms. The Labute approximate surface area is 263 Å². The molecular formula is C28H29ClF5N5O5S. The normalized spacial score (nSPS) is 24.3. The minimum Gasteiger partial charge on any atom is -0.481 e. The van der Waals surface area contributed by atoms with Crippen molar-refractivity contribution in [3.63, 3.8) is 0 Å². The zero-order valence-corrected chi connectivity index (χ0v) is 25.8. The number of hydrogen-bond donors (Lipinski definition) is 2. The molecule has 244 valence electrons. The fraction of sp³-hybridized carbons (Fsp3) is 0.500. The molecule has 1 aromatic heterocycles. The molecule has 3 aliphatic rings. The molecule has 0 unspecified atom stereocenters. The lowest BCUT2D eigenvalue weighted by Crippen LogP contribution is -2.50. The van der Waals surface area contributed by atoms with Crippen molar-refractivity contribution in [3.8, 4) is 0 Å². The van der Waals surface area contributed by atoms with E-state index in [1.54, 1.807) is 12.3 Å². The van der Waals surface area contributed by atoms with Crippen LogP contribution in [0.4, 0.5) is 22.0 Å². The van der Waals surface area contributed by atoms with Gasteiger partial charge in [-0.15, -0.1) is 11.3 Å². The van der Waals surface area contributed by atoms with Crippen molar-refractivity contribution in [1.29, 1.82) is 0 Å². The maximum absolute atomic E-state index is 15.6. The van der Waals surface area contributed by atoms with E-state index in [1.807, 2.05) is 0 Å². The summed E-state index contributed by atoms with van der Waals surface area (Å²) in [4.78, 5) is 40.5. The fourth-order valence-corrected chi connectivity index (χ4v) is 6.32. The first-order chi connectivity index (χ1) is 21.2. The predicted molar refractivity (Wildman–Crippen MR) is 153 cm³/mol. The number of rotatable bonds is 10. The average molecular weight is 678 g/mol. The van der Waals surface area contributed by atoms with E-state index in [4.69, 9.17) is 21.2 Å². The number of likely N-dealkylation sites (tertiary alicyclic amines) is 1. The highest BCUT2D eigenvalue weighted by Crippen LogP contribution is 2.43. The summed E-state index contributed by atoms with van der Waals surface area (Å²) in [6.07, 6.45) is -0.538. The van der Waals surface area contributed by atoms with Crippen LogP contribution in [-0.4, -0.2) is 94.9 Å². The Hall–Kier alpha value is -3.18. The molecule has 5 rings (SSSR count). The number of benzene rings is 1. The summed E-state index contributed by atoms with van der Waals surface area (Å²) < 4.78 is 80.0. The monoisotopic (exact) mass is 677 g/mol. The van der Waals surface area contributed by atoms with E-state index in [9.17, 15) is 23.5 Å². The number of carbonyl (C=O) groups excluding carboxylic acids is 1. The number of esters is 1. The van der Waals surface area contributed by atoms with Crippen LogP contribution in [0.25, 0.3) is 0 Å². The van der Waals surface area contributed by atoms with Gasteiger partial charge in [-0.3, -0.25) is 19.5 Å². The summed E-state index contributed by atoms with van der Waals surface area (Å²) in [5.74, 6) is -8.20. The summed E-state index contributed by atoms with van der Waals surface area (Å²) >= 11 is 7.38. The molecule has 4 heterocycles. The molecule has 1 aromatic carbocycles. The van der Waals surface area contributed by atoms with Crippen molar-refractivity contribution in [2.45, 2.75) is 51.0 Å². The summed E-state index contributed by atoms with van der Waals surface area (Å²) in [6, 6.07) is -1.95. The first-order valence-electron chi connectivity index (χ1n) is 13.8. The Morgan fingerprint density at radius 3 is 2.71 bits per heavy atom. The average Bonchev–Trinajstić information content (AvgIpc) is 3.71. The van der Waals surface area contributed by atoms with Crippen LogP contribution in [0.1, 0.15) is 37.4 Å². The zero-order chi connectivity index (χ0) is 32.8. The molecule has 0 bridgehead atoms. The van der Waals surface area contributed by atoms with Gasteiger partial charge in [0.05, 0.1) is 48.4 Å². The number of aliphatic imine (C=N–C) groups is 1. The summed E-state index contributed by atoms with van der Waals surface area (Å²) in [6.45, 7) is 1.68. The zero-order valence-electron chi connectivity index (χ0n) is 24.2. The summed E-state index contributed by atoms with van der Waals surface area (Å²) in [5.41, 5.74) is -2.02. The van der Waals surface area contributed by atoms with Gasteiger partial charge in [0.1, 0.15) is 18.3 Å². The highest BCUT2D eigenvalue weighted by atomic mass is 35.5. The first-order valence-corrected chi connectivity index (χ1v) is 15.1. The van der Waals surface area contributed by atoms with Crippen LogP contribution in [0, 0.1) is 17.0 Å². The minimum absolute atomic E-state index is 0.0662. The van der Waals surface area contributed by atoms with Gasteiger partial charge in [0.2, 0.25) is 0 Å². The lowest BCUT2D eigenvalue weighted by atomic mass is 9.87. The Balaban J connectivity index is 1.53. The quantitative estimate of drug-likeness (QED) is 0.215. The summed E-state index contributed by atoms with van der Waals surface area (Å²) in [7, 11) is 0. The third-order valence-corrected chi connectivity index (χ3v) is 9.22. The number of amidine groups is 1. The summed E-state index contributed by atoms with van der Waals surface area (Å²) in [5, 5.41) is 14.6. The van der Waals surface area contributed by atoms with Gasteiger partial charge in [0.25, 0.3) is 5.92 Å². The number of aliphatic carboxylic acids is 1. The minimum atomic E-state index is -3.43. The third kappa shape index (κ3) is 6.17. The second-order valence-electron chi connectivity index (χ2n) is 11.3. The van der Waals surface area contributed by atoms with E-state index in [0.717, 1.165) is 25.0 Å². The number of ether oxygens (including phenoxy) is 1. The van der Waals surface area contributed by atoms with E-state index in [1.165, 1.54) is 28.5 Å². The molecule has 0 amide bonds. The second-order valence-corrected chi connectivity index (χ2v) is 12.6. The topological polar surface area (TPSA) is 117 Å². The third-order valence-electron chi connectivity index (χ3n) is 8.05. The maximum Gasteiger partial charge on any atom is 0.338 e. The van der Waals surface area contributed by atoms with E-state index in [2.05, 4.69) is 15.3 Å². The number of carbonyl (C=O) groups is 2. The maximum atomic E-state index is 15.6. The predicted octanol–water partition coefficient (Wildman–Crippen LogP) is 4.37. The van der Waals surface area contributed by atoms with E-state index in [0.29, 0.717) is 5.01 Å². The molecule has 0 aliphatic carbocycles. The number of nitrogens with zero attached hydrogens (tertiary/aromatic N) is 4. The van der Waals surface area contributed by atoms with Crippen molar-refractivity contribution < 1.29 is 46.2 Å². The smallest absolute Gasteiger partial charge is 0.338 e. The van der Waals surface area contributed by atoms with E-state index >= 15 is 13.2 Å². The molecule has 2 fully saturated rings. The Bertz CT molecular complexity index is 1540. The van der Waals surface area contributed by atoms with Crippen molar-refractivity contribution >= 4 is 40.7 Å². The van der Waals surface area contributed by atoms with Crippen LogP contribution >= 0.6 is 22.9 Å². The largest absolute Gasteiger partial charge is 0.481 e. The van der Waals surface area contributed by atoms with Gasteiger partial charge in [0, 0.05) is 29.4 Å². The van der Waals surface area contributed by atoms with Crippen molar-refractivity contribution in [2.24, 2.45) is 10.4 Å². The van der Waals surface area contributed by atoms with Gasteiger partial charge >= 0.3 is 11.9 Å². The van der Waals surface area contributed by atoms with Gasteiger partial charge in [0.15, 0.2) is 22.5 Å². The number of carboxylic acids is 1. The van der Waals surface area contributed by atoms with Gasteiger partial charge in [-0.05, 0) is 26.8 Å². The van der Waals surface area contributed by atoms with Crippen LogP contribution < -0.4 is 5.32 Å². The van der Waals surface area contributed by atoms with E-state index in [-0.39, 0.29) is 42.4 Å². The molecule has 4 atom stereocenters. The number of fused-ring (bicyclic) bond motifs is 1. The molecular weight excluding hydrogens is 649 g/mol. The molecule has 10 nitrogen and oxygen atoms in total. The van der Waals surface area contributed by atoms with Gasteiger partial charge < -0.3 is 15.2 Å². The highest BCUT2D eigenvalue weighted by Gasteiger charge is 2.61. The molecule has 0 spiro atoms. The fourth-order valence-electron chi connectivity index (χ4n) is 5.47. The SMILES string of the molecule is CCOC(=O)C1=C(CN2CC(F)(F)[C@@H]3[C@H]2CON3C[C@@H](F)C(C)(C)C(=O)O)NC(c2nccs2)=N[C@H]1c1ccc(F)c(F)c1Cl. The van der Waals surface area contributed by atoms with Crippen LogP contribution in [0.15, 0.2) is 40.0 Å². The molecule has 2 saturated heterocycles. The van der Waals surface area contributed by atoms with Gasteiger partial charge in [-0.25, -0.2) is 31.7 Å².